The van der Waals surface area contributed by atoms with Gasteiger partial charge >= 0.3 is 0 Å². The molecule has 1 aliphatic heterocycles. The van der Waals surface area contributed by atoms with Crippen LogP contribution < -0.4 is 4.74 Å². The lowest BCUT2D eigenvalue weighted by atomic mass is 9.85. The fourth-order valence-corrected chi connectivity index (χ4v) is 4.28. The Hall–Kier alpha value is -1.76. The van der Waals surface area contributed by atoms with E-state index in [-0.39, 0.29) is 5.60 Å². The van der Waals surface area contributed by atoms with Gasteiger partial charge in [-0.1, -0.05) is 34.9 Å². The quantitative estimate of drug-likeness (QED) is 0.372. The van der Waals surface area contributed by atoms with E-state index in [2.05, 4.69) is 79.7 Å². The maximum atomic E-state index is 6.60. The summed E-state index contributed by atoms with van der Waals surface area (Å²) in [5, 5.41) is 0. The molecule has 0 N–H and O–H groups in total. The number of benzene rings is 1. The van der Waals surface area contributed by atoms with Crippen molar-refractivity contribution in [1.82, 2.24) is 0 Å². The van der Waals surface area contributed by atoms with Crippen molar-refractivity contribution in [3.63, 3.8) is 0 Å². The summed E-state index contributed by atoms with van der Waals surface area (Å²) in [5.41, 5.74) is 9.48. The third-order valence-corrected chi connectivity index (χ3v) is 6.55. The molecule has 1 nitrogen and oxygen atoms in total. The first-order chi connectivity index (χ1) is 14.1. The van der Waals surface area contributed by atoms with Gasteiger partial charge in [0.25, 0.3) is 0 Å². The second-order valence-corrected chi connectivity index (χ2v) is 9.86. The summed E-state index contributed by atoms with van der Waals surface area (Å²) >= 11 is 0. The van der Waals surface area contributed by atoms with Crippen LogP contribution in [0.4, 0.5) is 0 Å². The molecule has 0 saturated heterocycles. The normalized spacial score (nSPS) is 19.3. The molecule has 0 bridgehead atoms. The van der Waals surface area contributed by atoms with Crippen molar-refractivity contribution in [1.29, 1.82) is 0 Å². The zero-order valence-electron chi connectivity index (χ0n) is 20.8. The molecule has 1 atom stereocenters. The summed E-state index contributed by atoms with van der Waals surface area (Å²) in [6.07, 6.45) is 16.2. The van der Waals surface area contributed by atoms with E-state index in [4.69, 9.17) is 4.74 Å². The highest BCUT2D eigenvalue weighted by Gasteiger charge is 2.32. The van der Waals surface area contributed by atoms with Gasteiger partial charge in [-0.25, -0.2) is 0 Å². The summed E-state index contributed by atoms with van der Waals surface area (Å²) in [7, 11) is 0. The lowest BCUT2D eigenvalue weighted by molar-refractivity contribution is 0.0560. The summed E-state index contributed by atoms with van der Waals surface area (Å²) in [4.78, 5) is 0. The van der Waals surface area contributed by atoms with Crippen molar-refractivity contribution in [2.45, 2.75) is 112 Å². The van der Waals surface area contributed by atoms with Crippen LogP contribution in [0, 0.1) is 26.8 Å². The van der Waals surface area contributed by atoms with Gasteiger partial charge in [0.1, 0.15) is 11.4 Å². The van der Waals surface area contributed by atoms with Crippen LogP contribution in [0.1, 0.15) is 102 Å². The Balaban J connectivity index is 1.84. The van der Waals surface area contributed by atoms with Gasteiger partial charge in [-0.3, -0.25) is 0 Å². The molecule has 1 heteroatoms. The molecule has 1 aromatic rings. The molecule has 0 amide bonds. The van der Waals surface area contributed by atoms with Gasteiger partial charge in [0.05, 0.1) is 0 Å². The predicted octanol–water partition coefficient (Wildman–Crippen LogP) is 8.70. The second-order valence-electron chi connectivity index (χ2n) is 9.86. The molecule has 1 unspecified atom stereocenters. The SMILES string of the molecule is CC(C)=CCCC(C)=CCCC(C)=CCCC1(C)CCc2c(C)[c]c(C)c(C)c2O1. The van der Waals surface area contributed by atoms with Crippen molar-refractivity contribution in [3.05, 3.63) is 63.3 Å². The van der Waals surface area contributed by atoms with Gasteiger partial charge in [0.15, 0.2) is 0 Å². The van der Waals surface area contributed by atoms with Gasteiger partial charge in [-0.05, 0) is 135 Å². The first-order valence-electron chi connectivity index (χ1n) is 11.8. The van der Waals surface area contributed by atoms with Crippen LogP contribution in [-0.4, -0.2) is 5.60 Å². The number of hydrogen-bond acceptors (Lipinski definition) is 1. The molecule has 30 heavy (non-hydrogen) atoms. The molecule has 0 aliphatic carbocycles. The van der Waals surface area contributed by atoms with E-state index in [1.807, 2.05) is 0 Å². The minimum atomic E-state index is -0.0593. The lowest BCUT2D eigenvalue weighted by Crippen LogP contribution is -2.37. The average Bonchev–Trinajstić information content (AvgIpc) is 2.65. The van der Waals surface area contributed by atoms with Gasteiger partial charge in [-0.15, -0.1) is 0 Å². The Labute approximate surface area is 186 Å². The lowest BCUT2D eigenvalue weighted by Gasteiger charge is -2.37. The maximum Gasteiger partial charge on any atom is 0.126 e. The summed E-state index contributed by atoms with van der Waals surface area (Å²) in [5.74, 6) is 1.13. The molecule has 0 spiro atoms. The highest BCUT2D eigenvalue weighted by atomic mass is 16.5. The molecule has 165 valence electrons. The monoisotopic (exact) mass is 407 g/mol. The number of hydrogen-bond donors (Lipinski definition) is 0. The maximum absolute atomic E-state index is 6.60. The van der Waals surface area contributed by atoms with Crippen molar-refractivity contribution in [2.24, 2.45) is 0 Å². The number of aryl methyl sites for hydroxylation is 2. The molecule has 1 heterocycles. The molecule has 0 aromatic heterocycles. The summed E-state index contributed by atoms with van der Waals surface area (Å²) in [6.45, 7) is 17.7. The van der Waals surface area contributed by atoms with Crippen molar-refractivity contribution in [2.75, 3.05) is 0 Å². The fraction of sp³-hybridized carbons (Fsp3) is 0.586. The minimum absolute atomic E-state index is 0.0593. The van der Waals surface area contributed by atoms with Gasteiger partial charge < -0.3 is 4.74 Å². The topological polar surface area (TPSA) is 9.23 Å². The third kappa shape index (κ3) is 7.18. The molecule has 2 rings (SSSR count). The van der Waals surface area contributed by atoms with Crippen LogP contribution >= 0.6 is 0 Å². The van der Waals surface area contributed by atoms with Crippen LogP contribution in [0.15, 0.2) is 34.9 Å². The van der Waals surface area contributed by atoms with Crippen LogP contribution in [0.5, 0.6) is 5.75 Å². The van der Waals surface area contributed by atoms with Crippen LogP contribution in [0.2, 0.25) is 0 Å². The number of rotatable bonds is 9. The Morgan fingerprint density at radius 3 is 2.13 bits per heavy atom. The highest BCUT2D eigenvalue weighted by molar-refractivity contribution is 5.50. The molecule has 0 fully saturated rings. The predicted molar refractivity (Wildman–Crippen MR) is 131 cm³/mol. The summed E-state index contributed by atoms with van der Waals surface area (Å²) in [6, 6.07) is 3.50. The zero-order chi connectivity index (χ0) is 22.3. The Morgan fingerprint density at radius 2 is 1.50 bits per heavy atom. The van der Waals surface area contributed by atoms with Crippen molar-refractivity contribution >= 4 is 0 Å². The second kappa shape index (κ2) is 11.0. The van der Waals surface area contributed by atoms with Gasteiger partial charge in [0, 0.05) is 0 Å². The third-order valence-electron chi connectivity index (χ3n) is 6.55. The molecule has 1 radical (unpaired) electrons. The van der Waals surface area contributed by atoms with E-state index in [0.717, 1.165) is 50.7 Å². The number of fused-ring (bicyclic) bond motifs is 1. The van der Waals surface area contributed by atoms with E-state index in [1.165, 1.54) is 45.4 Å². The molecule has 1 aliphatic rings. The van der Waals surface area contributed by atoms with E-state index >= 15 is 0 Å². The number of allylic oxidation sites excluding steroid dienone is 6. The standard InChI is InChI=1S/C29H43O/c1-21(2)12-9-13-22(3)14-10-15-23(4)16-11-18-29(8)19-17-27-25(6)20-24(5)26(7)28(27)30-29/h12,14,16H,9-11,13,15,17-19H2,1-8H3. The molecule has 0 saturated carbocycles. The summed E-state index contributed by atoms with van der Waals surface area (Å²) < 4.78 is 6.60. The first kappa shape index (κ1) is 24.5. The fourth-order valence-electron chi connectivity index (χ4n) is 4.28. The Kier molecular flexibility index (Phi) is 9.01. The van der Waals surface area contributed by atoms with E-state index in [9.17, 15) is 0 Å². The number of ether oxygens (including phenoxy) is 1. The van der Waals surface area contributed by atoms with Crippen LogP contribution in [-0.2, 0) is 6.42 Å². The van der Waals surface area contributed by atoms with E-state index < -0.39 is 0 Å². The van der Waals surface area contributed by atoms with Crippen molar-refractivity contribution < 1.29 is 4.74 Å². The molecular weight excluding hydrogens is 364 g/mol. The highest BCUT2D eigenvalue weighted by Crippen LogP contribution is 2.40. The Bertz CT molecular complexity index is 817. The minimum Gasteiger partial charge on any atom is -0.487 e. The molecular formula is C29H43O. The first-order valence-corrected chi connectivity index (χ1v) is 11.8. The van der Waals surface area contributed by atoms with E-state index in [1.54, 1.807) is 0 Å². The van der Waals surface area contributed by atoms with Crippen LogP contribution in [0.3, 0.4) is 0 Å². The van der Waals surface area contributed by atoms with E-state index in [0.29, 0.717) is 0 Å². The molecule has 1 aromatic carbocycles. The van der Waals surface area contributed by atoms with Gasteiger partial charge in [-0.2, -0.15) is 0 Å². The largest absolute Gasteiger partial charge is 0.487 e. The van der Waals surface area contributed by atoms with Crippen LogP contribution in [0.25, 0.3) is 0 Å². The van der Waals surface area contributed by atoms with Crippen molar-refractivity contribution in [3.8, 4) is 5.75 Å². The Morgan fingerprint density at radius 1 is 0.900 bits per heavy atom. The van der Waals surface area contributed by atoms with Gasteiger partial charge in [0.2, 0.25) is 0 Å². The average molecular weight is 408 g/mol. The smallest absolute Gasteiger partial charge is 0.126 e. The zero-order valence-corrected chi connectivity index (χ0v) is 20.8.